The minimum atomic E-state index is -0.407. The van der Waals surface area contributed by atoms with Crippen LogP contribution >= 0.6 is 0 Å². The molecule has 0 aliphatic carbocycles. The Morgan fingerprint density at radius 3 is 2.91 bits per heavy atom. The summed E-state index contributed by atoms with van der Waals surface area (Å²) in [7, 11) is 0. The lowest BCUT2D eigenvalue weighted by atomic mass is 10.0. The summed E-state index contributed by atoms with van der Waals surface area (Å²) in [4.78, 5) is 6.50. The van der Waals surface area contributed by atoms with Crippen LogP contribution in [0.1, 0.15) is 37.1 Å². The molecule has 23 heavy (non-hydrogen) atoms. The summed E-state index contributed by atoms with van der Waals surface area (Å²) in [5, 5.41) is 26.9. The molecule has 7 nitrogen and oxygen atoms in total. The molecule has 1 saturated heterocycles. The van der Waals surface area contributed by atoms with E-state index in [1.165, 1.54) is 0 Å². The van der Waals surface area contributed by atoms with Crippen LogP contribution in [0.4, 0.5) is 5.82 Å². The summed E-state index contributed by atoms with van der Waals surface area (Å²) in [6.07, 6.45) is 5.63. The molecule has 0 spiro atoms. The van der Waals surface area contributed by atoms with Gasteiger partial charge in [0, 0.05) is 31.9 Å². The second-order valence-corrected chi connectivity index (χ2v) is 5.95. The van der Waals surface area contributed by atoms with E-state index in [2.05, 4.69) is 26.3 Å². The molecule has 1 fully saturated rings. The summed E-state index contributed by atoms with van der Waals surface area (Å²) in [6, 6.07) is 6.09. The molecule has 7 heteroatoms. The number of hydrogen-bond donors (Lipinski definition) is 1. The summed E-state index contributed by atoms with van der Waals surface area (Å²) < 4.78 is 1.90. The lowest BCUT2D eigenvalue weighted by Crippen LogP contribution is -2.35. The van der Waals surface area contributed by atoms with Crippen LogP contribution in [0, 0.1) is 11.3 Å². The third-order valence-corrected chi connectivity index (χ3v) is 4.11. The van der Waals surface area contributed by atoms with Gasteiger partial charge in [-0.15, -0.1) is 5.10 Å². The zero-order valence-corrected chi connectivity index (χ0v) is 13.1. The van der Waals surface area contributed by atoms with Crippen molar-refractivity contribution in [3.8, 4) is 6.07 Å². The minimum Gasteiger partial charge on any atom is -0.393 e. The number of aromatic nitrogens is 4. The molecule has 2 aromatic rings. The maximum atomic E-state index is 9.42. The molecule has 0 saturated carbocycles. The maximum Gasteiger partial charge on any atom is 0.146 e. The predicted molar refractivity (Wildman–Crippen MR) is 84.8 cm³/mol. The van der Waals surface area contributed by atoms with E-state index >= 15 is 0 Å². The van der Waals surface area contributed by atoms with Gasteiger partial charge in [-0.1, -0.05) is 5.21 Å². The summed E-state index contributed by atoms with van der Waals surface area (Å²) >= 11 is 0. The second kappa shape index (κ2) is 6.75. The van der Waals surface area contributed by atoms with Gasteiger partial charge in [0.05, 0.1) is 23.4 Å². The Balaban J connectivity index is 1.64. The number of aliphatic hydroxyl groups excluding tert-OH is 1. The fourth-order valence-corrected chi connectivity index (χ4v) is 2.97. The van der Waals surface area contributed by atoms with E-state index in [-0.39, 0.29) is 0 Å². The van der Waals surface area contributed by atoms with Crippen molar-refractivity contribution in [3.05, 3.63) is 35.8 Å². The summed E-state index contributed by atoms with van der Waals surface area (Å²) in [5.74, 6) is 0.766. The van der Waals surface area contributed by atoms with E-state index in [1.807, 2.05) is 10.9 Å². The van der Waals surface area contributed by atoms with Crippen molar-refractivity contribution >= 4 is 5.82 Å². The molecule has 1 aliphatic heterocycles. The number of nitriles is 1. The first kappa shape index (κ1) is 15.4. The first-order chi connectivity index (χ1) is 11.2. The van der Waals surface area contributed by atoms with Gasteiger partial charge in [0.25, 0.3) is 0 Å². The predicted octanol–water partition coefficient (Wildman–Crippen LogP) is 1.31. The molecule has 0 amide bonds. The monoisotopic (exact) mass is 312 g/mol. The number of anilines is 1. The van der Waals surface area contributed by atoms with Gasteiger partial charge in [-0.05, 0) is 31.9 Å². The van der Waals surface area contributed by atoms with Crippen LogP contribution < -0.4 is 4.90 Å². The highest BCUT2D eigenvalue weighted by atomic mass is 16.3. The largest absolute Gasteiger partial charge is 0.393 e. The molecule has 3 heterocycles. The Labute approximate surface area is 135 Å². The Bertz CT molecular complexity index is 697. The Morgan fingerprint density at radius 1 is 1.43 bits per heavy atom. The van der Waals surface area contributed by atoms with Crippen molar-refractivity contribution in [1.82, 2.24) is 20.0 Å². The van der Waals surface area contributed by atoms with Crippen LogP contribution in [-0.4, -0.2) is 44.3 Å². The second-order valence-electron chi connectivity index (χ2n) is 5.95. The summed E-state index contributed by atoms with van der Waals surface area (Å²) in [5.41, 5.74) is 1.44. The van der Waals surface area contributed by atoms with Crippen molar-refractivity contribution in [2.45, 2.75) is 38.3 Å². The molecular formula is C16H20N6O. The molecular weight excluding hydrogens is 292 g/mol. The van der Waals surface area contributed by atoms with Gasteiger partial charge in [0.15, 0.2) is 0 Å². The molecule has 1 aliphatic rings. The Hall–Kier alpha value is -2.46. The van der Waals surface area contributed by atoms with E-state index in [1.54, 1.807) is 25.3 Å². The summed E-state index contributed by atoms with van der Waals surface area (Å²) in [6.45, 7) is 3.42. The Kier molecular flexibility index (Phi) is 4.53. The molecule has 120 valence electrons. The highest BCUT2D eigenvalue weighted by Gasteiger charge is 2.24. The van der Waals surface area contributed by atoms with E-state index in [9.17, 15) is 10.4 Å². The van der Waals surface area contributed by atoms with Gasteiger partial charge >= 0.3 is 0 Å². The topological polar surface area (TPSA) is 90.9 Å². The quantitative estimate of drug-likeness (QED) is 0.915. The lowest BCUT2D eigenvalue weighted by molar-refractivity contribution is 0.194. The molecule has 0 bridgehead atoms. The number of piperidine rings is 1. The van der Waals surface area contributed by atoms with Crippen LogP contribution in [0.25, 0.3) is 0 Å². The first-order valence-corrected chi connectivity index (χ1v) is 7.86. The number of rotatable bonds is 4. The fourth-order valence-electron chi connectivity index (χ4n) is 2.97. The number of hydrogen-bond acceptors (Lipinski definition) is 6. The molecule has 3 rings (SSSR count). The normalized spacial score (nSPS) is 17.0. The standard InChI is InChI=1S/C16H20N6O/c1-12(23)9-14-11-22(20-19-14)15-4-7-21(8-5-15)16-13(10-17)3-2-6-18-16/h2-3,6,11-12,15,23H,4-5,7-9H2,1H3/t12-/m1/s1. The van der Waals surface area contributed by atoms with Crippen molar-refractivity contribution < 1.29 is 5.11 Å². The lowest BCUT2D eigenvalue weighted by Gasteiger charge is -2.32. The van der Waals surface area contributed by atoms with Crippen molar-refractivity contribution in [2.75, 3.05) is 18.0 Å². The number of pyridine rings is 1. The van der Waals surface area contributed by atoms with Gasteiger partial charge in [-0.2, -0.15) is 5.26 Å². The highest BCUT2D eigenvalue weighted by Crippen LogP contribution is 2.26. The van der Waals surface area contributed by atoms with Crippen LogP contribution in [0.15, 0.2) is 24.5 Å². The third-order valence-electron chi connectivity index (χ3n) is 4.11. The van der Waals surface area contributed by atoms with Crippen LogP contribution in [0.2, 0.25) is 0 Å². The first-order valence-electron chi connectivity index (χ1n) is 7.86. The van der Waals surface area contributed by atoms with Crippen molar-refractivity contribution in [3.63, 3.8) is 0 Å². The van der Waals surface area contributed by atoms with E-state index in [0.29, 0.717) is 18.0 Å². The minimum absolute atomic E-state index is 0.302. The molecule has 1 N–H and O–H groups in total. The van der Waals surface area contributed by atoms with Crippen LogP contribution in [0.5, 0.6) is 0 Å². The number of aliphatic hydroxyl groups is 1. The SMILES string of the molecule is C[C@@H](O)Cc1cn(C2CCN(c3ncccc3C#N)CC2)nn1. The van der Waals surface area contributed by atoms with Gasteiger partial charge in [0.1, 0.15) is 11.9 Å². The smallest absolute Gasteiger partial charge is 0.146 e. The van der Waals surface area contributed by atoms with E-state index < -0.39 is 6.10 Å². The van der Waals surface area contributed by atoms with Crippen LogP contribution in [0.3, 0.4) is 0 Å². The zero-order chi connectivity index (χ0) is 16.2. The number of nitrogens with zero attached hydrogens (tertiary/aromatic N) is 6. The Morgan fingerprint density at radius 2 is 2.22 bits per heavy atom. The van der Waals surface area contributed by atoms with Gasteiger partial charge in [-0.3, -0.25) is 0 Å². The van der Waals surface area contributed by atoms with E-state index in [4.69, 9.17) is 0 Å². The van der Waals surface area contributed by atoms with Gasteiger partial charge in [-0.25, -0.2) is 9.67 Å². The molecule has 0 radical (unpaired) electrons. The van der Waals surface area contributed by atoms with Gasteiger partial charge < -0.3 is 10.0 Å². The molecule has 0 unspecified atom stereocenters. The van der Waals surface area contributed by atoms with Gasteiger partial charge in [0.2, 0.25) is 0 Å². The molecule has 1 atom stereocenters. The third kappa shape index (κ3) is 3.48. The van der Waals surface area contributed by atoms with Crippen LogP contribution in [-0.2, 0) is 6.42 Å². The fraction of sp³-hybridized carbons (Fsp3) is 0.500. The molecule has 2 aromatic heterocycles. The zero-order valence-electron chi connectivity index (χ0n) is 13.1. The average molecular weight is 312 g/mol. The van der Waals surface area contributed by atoms with Crippen molar-refractivity contribution in [2.24, 2.45) is 0 Å². The maximum absolute atomic E-state index is 9.42. The molecule has 0 aromatic carbocycles. The van der Waals surface area contributed by atoms with E-state index in [0.717, 1.165) is 37.4 Å². The highest BCUT2D eigenvalue weighted by molar-refractivity contribution is 5.53. The van der Waals surface area contributed by atoms with Crippen molar-refractivity contribution in [1.29, 1.82) is 5.26 Å². The average Bonchev–Trinajstić information content (AvgIpc) is 3.02.